The first-order chi connectivity index (χ1) is 9.92. The number of rotatable bonds is 4. The first-order valence-electron chi connectivity index (χ1n) is 6.16. The second-order valence-electron chi connectivity index (χ2n) is 4.40. The molecule has 2 rings (SSSR count). The van der Waals surface area contributed by atoms with Crippen molar-refractivity contribution in [2.45, 2.75) is 20.4 Å². The topological polar surface area (TPSA) is 51.2 Å². The molecule has 0 aliphatic heterocycles. The summed E-state index contributed by atoms with van der Waals surface area (Å²) in [5, 5.41) is 3.77. The monoisotopic (exact) mass is 312 g/mol. The van der Waals surface area contributed by atoms with Gasteiger partial charge in [0.2, 0.25) is 0 Å². The second-order valence-corrected chi connectivity index (χ2v) is 5.69. The zero-order valence-corrected chi connectivity index (χ0v) is 12.6. The molecule has 7 heteroatoms. The quantitative estimate of drug-likeness (QED) is 0.879. The lowest BCUT2D eigenvalue weighted by Gasteiger charge is -2.09. The van der Waals surface area contributed by atoms with Crippen molar-refractivity contribution in [3.05, 3.63) is 44.9 Å². The van der Waals surface area contributed by atoms with Gasteiger partial charge >= 0.3 is 5.97 Å². The summed E-state index contributed by atoms with van der Waals surface area (Å²) in [4.78, 5) is 16.6. The molecule has 0 saturated carbocycles. The van der Waals surface area contributed by atoms with Crippen LogP contribution in [-0.4, -0.2) is 18.1 Å². The second kappa shape index (κ2) is 6.17. The van der Waals surface area contributed by atoms with Crippen LogP contribution in [0.3, 0.4) is 0 Å². The van der Waals surface area contributed by atoms with Crippen LogP contribution in [-0.2, 0) is 11.3 Å². The SMILES string of the molecule is COC(=O)c1cc(NCc2sc(C)nc2C)c(F)cc1F. The van der Waals surface area contributed by atoms with Crippen LogP contribution in [0.5, 0.6) is 0 Å². The average molecular weight is 312 g/mol. The molecule has 0 saturated heterocycles. The molecule has 0 radical (unpaired) electrons. The lowest BCUT2D eigenvalue weighted by atomic mass is 10.1. The average Bonchev–Trinajstić information content (AvgIpc) is 2.75. The van der Waals surface area contributed by atoms with Gasteiger partial charge in [0.1, 0.15) is 11.6 Å². The maximum Gasteiger partial charge on any atom is 0.340 e. The summed E-state index contributed by atoms with van der Waals surface area (Å²) < 4.78 is 31.7. The molecule has 4 nitrogen and oxygen atoms in total. The molecule has 0 aliphatic carbocycles. The Bertz CT molecular complexity index is 686. The van der Waals surface area contributed by atoms with Gasteiger partial charge in [-0.1, -0.05) is 0 Å². The molecule has 1 aromatic heterocycles. The minimum Gasteiger partial charge on any atom is -0.465 e. The zero-order chi connectivity index (χ0) is 15.6. The van der Waals surface area contributed by atoms with E-state index in [2.05, 4.69) is 15.0 Å². The Hall–Kier alpha value is -2.02. The first kappa shape index (κ1) is 15.4. The predicted molar refractivity (Wildman–Crippen MR) is 76.6 cm³/mol. The van der Waals surface area contributed by atoms with E-state index in [1.807, 2.05) is 13.8 Å². The summed E-state index contributed by atoms with van der Waals surface area (Å²) in [6.45, 7) is 4.09. The van der Waals surface area contributed by atoms with E-state index in [-0.39, 0.29) is 11.3 Å². The van der Waals surface area contributed by atoms with E-state index in [0.717, 1.165) is 28.8 Å². The normalized spacial score (nSPS) is 10.5. The van der Waals surface area contributed by atoms with Crippen LogP contribution in [0.25, 0.3) is 0 Å². The van der Waals surface area contributed by atoms with E-state index in [9.17, 15) is 13.6 Å². The maximum absolute atomic E-state index is 13.7. The fourth-order valence-electron chi connectivity index (χ4n) is 1.86. The number of carbonyl (C=O) groups excluding carboxylic acids is 1. The van der Waals surface area contributed by atoms with Gasteiger partial charge in [0.15, 0.2) is 0 Å². The maximum atomic E-state index is 13.7. The van der Waals surface area contributed by atoms with Gasteiger partial charge in [-0.05, 0) is 19.9 Å². The third-order valence-corrected chi connectivity index (χ3v) is 3.97. The Morgan fingerprint density at radius 3 is 2.62 bits per heavy atom. The molecule has 0 spiro atoms. The van der Waals surface area contributed by atoms with Crippen molar-refractivity contribution < 1.29 is 18.3 Å². The number of halogens is 2. The highest BCUT2D eigenvalue weighted by atomic mass is 32.1. The molecule has 1 N–H and O–H groups in total. The van der Waals surface area contributed by atoms with Gasteiger partial charge in [-0.3, -0.25) is 0 Å². The molecule has 112 valence electrons. The van der Waals surface area contributed by atoms with Crippen molar-refractivity contribution in [3.8, 4) is 0 Å². The number of aryl methyl sites for hydroxylation is 2. The number of hydrogen-bond donors (Lipinski definition) is 1. The highest BCUT2D eigenvalue weighted by molar-refractivity contribution is 7.11. The highest BCUT2D eigenvalue weighted by Gasteiger charge is 2.16. The predicted octanol–water partition coefficient (Wildman–Crippen LogP) is 3.44. The zero-order valence-electron chi connectivity index (χ0n) is 11.8. The van der Waals surface area contributed by atoms with E-state index in [4.69, 9.17) is 0 Å². The van der Waals surface area contributed by atoms with Crippen LogP contribution < -0.4 is 5.32 Å². The molecule has 21 heavy (non-hydrogen) atoms. The molecule has 0 aliphatic rings. The Morgan fingerprint density at radius 1 is 1.33 bits per heavy atom. The standard InChI is InChI=1S/C14H14F2N2O2S/c1-7-13(21-8(2)18-7)6-17-12-4-9(14(19)20-3)10(15)5-11(12)16/h4-5,17H,6H2,1-3H3. The third kappa shape index (κ3) is 3.36. The summed E-state index contributed by atoms with van der Waals surface area (Å²) in [6.07, 6.45) is 0. The van der Waals surface area contributed by atoms with Crippen LogP contribution in [0.1, 0.15) is 25.9 Å². The van der Waals surface area contributed by atoms with Crippen molar-refractivity contribution >= 4 is 23.0 Å². The number of nitrogens with zero attached hydrogens (tertiary/aromatic N) is 1. The van der Waals surface area contributed by atoms with E-state index < -0.39 is 17.6 Å². The summed E-state index contributed by atoms with van der Waals surface area (Å²) in [6, 6.07) is 1.78. The van der Waals surface area contributed by atoms with E-state index >= 15 is 0 Å². The largest absolute Gasteiger partial charge is 0.465 e. The number of ether oxygens (including phenoxy) is 1. The van der Waals surface area contributed by atoms with Gasteiger partial charge in [-0.2, -0.15) is 0 Å². The molecule has 2 aromatic rings. The summed E-state index contributed by atoms with van der Waals surface area (Å²) in [7, 11) is 1.14. The third-order valence-electron chi connectivity index (χ3n) is 2.90. The van der Waals surface area contributed by atoms with Gasteiger partial charge < -0.3 is 10.1 Å². The van der Waals surface area contributed by atoms with Gasteiger partial charge in [-0.15, -0.1) is 11.3 Å². The Balaban J connectivity index is 2.23. The van der Waals surface area contributed by atoms with Crippen LogP contribution in [0.4, 0.5) is 14.5 Å². The van der Waals surface area contributed by atoms with Crippen LogP contribution in [0, 0.1) is 25.5 Å². The summed E-state index contributed by atoms with van der Waals surface area (Å²) in [5.74, 6) is -2.56. The fourth-order valence-corrected chi connectivity index (χ4v) is 2.74. The van der Waals surface area contributed by atoms with E-state index in [1.165, 1.54) is 11.3 Å². The minimum absolute atomic E-state index is 0.0438. The number of methoxy groups -OCH3 is 1. The number of esters is 1. The molecule has 1 heterocycles. The minimum atomic E-state index is -0.949. The van der Waals surface area contributed by atoms with Gasteiger partial charge in [0.25, 0.3) is 0 Å². The van der Waals surface area contributed by atoms with Gasteiger partial charge in [-0.25, -0.2) is 18.6 Å². The number of thiazole rings is 1. The van der Waals surface area contributed by atoms with Crippen LogP contribution in [0.2, 0.25) is 0 Å². The Labute approximate surface area is 124 Å². The summed E-state index contributed by atoms with van der Waals surface area (Å²) >= 11 is 1.50. The lowest BCUT2D eigenvalue weighted by Crippen LogP contribution is -2.08. The van der Waals surface area contributed by atoms with E-state index in [0.29, 0.717) is 12.6 Å². The first-order valence-corrected chi connectivity index (χ1v) is 6.98. The number of aromatic nitrogens is 1. The van der Waals surface area contributed by atoms with E-state index in [1.54, 1.807) is 0 Å². The summed E-state index contributed by atoms with van der Waals surface area (Å²) in [5.41, 5.74) is 0.599. The smallest absolute Gasteiger partial charge is 0.340 e. The lowest BCUT2D eigenvalue weighted by molar-refractivity contribution is 0.0595. The Morgan fingerprint density at radius 2 is 2.05 bits per heavy atom. The molecule has 0 fully saturated rings. The molecule has 0 bridgehead atoms. The molecule has 0 atom stereocenters. The number of benzene rings is 1. The van der Waals surface area contributed by atoms with Crippen molar-refractivity contribution in [2.24, 2.45) is 0 Å². The van der Waals surface area contributed by atoms with Crippen LogP contribution >= 0.6 is 11.3 Å². The molecule has 0 unspecified atom stereocenters. The highest BCUT2D eigenvalue weighted by Crippen LogP contribution is 2.23. The van der Waals surface area contributed by atoms with Gasteiger partial charge in [0, 0.05) is 10.9 Å². The van der Waals surface area contributed by atoms with Crippen LogP contribution in [0.15, 0.2) is 12.1 Å². The molecular weight excluding hydrogens is 298 g/mol. The molecule has 1 aromatic carbocycles. The van der Waals surface area contributed by atoms with Crippen molar-refractivity contribution in [1.82, 2.24) is 4.98 Å². The number of carbonyl (C=O) groups is 1. The van der Waals surface area contributed by atoms with Crippen molar-refractivity contribution in [3.63, 3.8) is 0 Å². The molecular formula is C14H14F2N2O2S. The number of nitrogens with one attached hydrogen (secondary N) is 1. The fraction of sp³-hybridized carbons (Fsp3) is 0.286. The van der Waals surface area contributed by atoms with Gasteiger partial charge in [0.05, 0.1) is 35.6 Å². The number of hydrogen-bond acceptors (Lipinski definition) is 5. The Kier molecular flexibility index (Phi) is 4.52. The molecule has 0 amide bonds. The van der Waals surface area contributed by atoms with Crippen molar-refractivity contribution in [1.29, 1.82) is 0 Å². The van der Waals surface area contributed by atoms with Crippen molar-refractivity contribution in [2.75, 3.05) is 12.4 Å². The number of anilines is 1.